The number of amides is 1. The highest BCUT2D eigenvalue weighted by atomic mass is 19.1. The largest absolute Gasteiger partial charge is 0.377 e. The molecule has 2 aliphatic rings. The van der Waals surface area contributed by atoms with Crippen LogP contribution in [0.25, 0.3) is 0 Å². The Morgan fingerprint density at radius 1 is 1.26 bits per heavy atom. The van der Waals surface area contributed by atoms with Crippen molar-refractivity contribution in [3.8, 4) is 0 Å². The molecular formula is C23H28FN5O2. The van der Waals surface area contributed by atoms with Crippen molar-refractivity contribution in [3.63, 3.8) is 0 Å². The third kappa shape index (κ3) is 5.26. The Labute approximate surface area is 181 Å². The van der Waals surface area contributed by atoms with Gasteiger partial charge in [-0.05, 0) is 43.3 Å². The zero-order chi connectivity index (χ0) is 21.8. The molecule has 0 spiro atoms. The summed E-state index contributed by atoms with van der Waals surface area (Å²) in [7, 11) is 3.87. The Kier molecular flexibility index (Phi) is 6.58. The molecule has 164 valence electrons. The normalized spacial score (nSPS) is 19.1. The van der Waals surface area contributed by atoms with E-state index in [1.54, 1.807) is 17.0 Å². The highest BCUT2D eigenvalue weighted by Gasteiger charge is 2.33. The summed E-state index contributed by atoms with van der Waals surface area (Å²) in [6.07, 6.45) is 3.57. The molecule has 1 unspecified atom stereocenters. The van der Waals surface area contributed by atoms with Crippen LogP contribution in [-0.4, -0.2) is 61.2 Å². The quantitative estimate of drug-likeness (QED) is 0.688. The number of nitrogens with one attached hydrogen (secondary N) is 1. The van der Waals surface area contributed by atoms with Gasteiger partial charge >= 0.3 is 0 Å². The van der Waals surface area contributed by atoms with Gasteiger partial charge in [0, 0.05) is 44.2 Å². The van der Waals surface area contributed by atoms with E-state index in [0.29, 0.717) is 37.6 Å². The lowest BCUT2D eigenvalue weighted by Gasteiger charge is -2.21. The molecule has 1 fully saturated rings. The average molecular weight is 426 g/mol. The molecule has 1 N–H and O–H groups in total. The fourth-order valence-corrected chi connectivity index (χ4v) is 4.06. The molecule has 2 aliphatic heterocycles. The summed E-state index contributed by atoms with van der Waals surface area (Å²) < 4.78 is 18.8. The predicted molar refractivity (Wildman–Crippen MR) is 118 cm³/mol. The van der Waals surface area contributed by atoms with Gasteiger partial charge in [-0.25, -0.2) is 14.4 Å². The second-order valence-corrected chi connectivity index (χ2v) is 8.10. The van der Waals surface area contributed by atoms with E-state index in [0.717, 1.165) is 31.1 Å². The SMILES string of the molecule is CNc1cc(C2CC(=O)N(c3ccc(F)cc3)C2)nc(CN(C)CC2=CCCOC2)n1. The van der Waals surface area contributed by atoms with Gasteiger partial charge in [-0.3, -0.25) is 9.69 Å². The van der Waals surface area contributed by atoms with E-state index in [-0.39, 0.29) is 17.6 Å². The zero-order valence-corrected chi connectivity index (χ0v) is 18.0. The van der Waals surface area contributed by atoms with Crippen LogP contribution in [0.1, 0.15) is 30.3 Å². The second kappa shape index (κ2) is 9.53. The van der Waals surface area contributed by atoms with Gasteiger partial charge in [0.05, 0.1) is 25.5 Å². The van der Waals surface area contributed by atoms with Crippen LogP contribution in [0.5, 0.6) is 0 Å². The van der Waals surface area contributed by atoms with E-state index in [1.165, 1.54) is 17.7 Å². The van der Waals surface area contributed by atoms with Crippen LogP contribution < -0.4 is 10.2 Å². The van der Waals surface area contributed by atoms with Gasteiger partial charge in [0.2, 0.25) is 5.91 Å². The van der Waals surface area contributed by atoms with Gasteiger partial charge in [0.1, 0.15) is 17.5 Å². The highest BCUT2D eigenvalue weighted by Crippen LogP contribution is 2.32. The third-order valence-electron chi connectivity index (χ3n) is 5.60. The summed E-state index contributed by atoms with van der Waals surface area (Å²) in [6.45, 7) is 3.39. The number of benzene rings is 1. The van der Waals surface area contributed by atoms with Crippen molar-refractivity contribution >= 4 is 17.4 Å². The average Bonchev–Trinajstić information content (AvgIpc) is 3.16. The van der Waals surface area contributed by atoms with Crippen LogP contribution in [0.15, 0.2) is 42.0 Å². The Hall–Kier alpha value is -2.84. The monoisotopic (exact) mass is 425 g/mol. The number of carbonyl (C=O) groups excluding carboxylic acids is 1. The summed E-state index contributed by atoms with van der Waals surface area (Å²) in [4.78, 5) is 25.9. The number of ether oxygens (including phenoxy) is 1. The van der Waals surface area contributed by atoms with Gasteiger partial charge < -0.3 is 15.0 Å². The van der Waals surface area contributed by atoms with E-state index in [2.05, 4.69) is 21.3 Å². The van der Waals surface area contributed by atoms with E-state index < -0.39 is 0 Å². The van der Waals surface area contributed by atoms with Crippen molar-refractivity contribution in [3.05, 3.63) is 59.3 Å². The molecule has 0 saturated carbocycles. The maximum atomic E-state index is 13.3. The molecule has 4 rings (SSSR count). The third-order valence-corrected chi connectivity index (χ3v) is 5.60. The second-order valence-electron chi connectivity index (χ2n) is 8.10. The summed E-state index contributed by atoms with van der Waals surface area (Å²) in [5.41, 5.74) is 2.83. The molecule has 31 heavy (non-hydrogen) atoms. The Morgan fingerprint density at radius 2 is 2.06 bits per heavy atom. The molecule has 8 heteroatoms. The van der Waals surface area contributed by atoms with Crippen LogP contribution in [0, 0.1) is 5.82 Å². The number of anilines is 2. The summed E-state index contributed by atoms with van der Waals surface area (Å²) >= 11 is 0. The minimum absolute atomic E-state index is 0.0177. The molecule has 0 aliphatic carbocycles. The number of hydrogen-bond acceptors (Lipinski definition) is 6. The van der Waals surface area contributed by atoms with Crippen LogP contribution in [0.2, 0.25) is 0 Å². The Balaban J connectivity index is 1.48. The van der Waals surface area contributed by atoms with Crippen molar-refractivity contribution in [2.45, 2.75) is 25.3 Å². The molecule has 1 atom stereocenters. The number of carbonyl (C=O) groups is 1. The number of aromatic nitrogens is 2. The van der Waals surface area contributed by atoms with E-state index in [4.69, 9.17) is 9.72 Å². The molecule has 3 heterocycles. The zero-order valence-electron chi connectivity index (χ0n) is 18.0. The molecule has 1 aromatic carbocycles. The van der Waals surface area contributed by atoms with Crippen LogP contribution in [0.3, 0.4) is 0 Å². The summed E-state index contributed by atoms with van der Waals surface area (Å²) in [6, 6.07) is 7.94. The lowest BCUT2D eigenvalue weighted by atomic mass is 10.0. The Morgan fingerprint density at radius 3 is 2.77 bits per heavy atom. The summed E-state index contributed by atoms with van der Waals surface area (Å²) in [5, 5.41) is 3.10. The standard InChI is InChI=1S/C23H28FN5O2/c1-25-21-11-20(17-10-23(30)29(13-17)19-7-5-18(24)6-8-19)26-22(27-21)14-28(2)12-16-4-3-9-31-15-16/h4-8,11,17H,3,9-10,12-15H2,1-2H3,(H,25,26,27). The van der Waals surface area contributed by atoms with E-state index in [1.807, 2.05) is 20.2 Å². The number of likely N-dealkylation sites (N-methyl/N-ethyl adjacent to an activating group) is 1. The summed E-state index contributed by atoms with van der Waals surface area (Å²) in [5.74, 6) is 1.12. The molecular weight excluding hydrogens is 397 g/mol. The van der Waals surface area contributed by atoms with Gasteiger partial charge in [-0.2, -0.15) is 0 Å². The maximum Gasteiger partial charge on any atom is 0.227 e. The van der Waals surface area contributed by atoms with Gasteiger partial charge in [0.25, 0.3) is 0 Å². The van der Waals surface area contributed by atoms with Crippen LogP contribution in [0.4, 0.5) is 15.9 Å². The van der Waals surface area contributed by atoms with Crippen LogP contribution in [-0.2, 0) is 16.1 Å². The fraction of sp³-hybridized carbons (Fsp3) is 0.435. The predicted octanol–water partition coefficient (Wildman–Crippen LogP) is 2.96. The number of rotatable bonds is 7. The van der Waals surface area contributed by atoms with E-state index in [9.17, 15) is 9.18 Å². The fourth-order valence-electron chi connectivity index (χ4n) is 4.06. The molecule has 7 nitrogen and oxygen atoms in total. The number of halogens is 1. The first-order valence-electron chi connectivity index (χ1n) is 10.6. The van der Waals surface area contributed by atoms with Gasteiger partial charge in [-0.15, -0.1) is 0 Å². The van der Waals surface area contributed by atoms with Crippen molar-refractivity contribution in [1.29, 1.82) is 0 Å². The maximum absolute atomic E-state index is 13.3. The molecule has 1 aromatic heterocycles. The molecule has 1 saturated heterocycles. The first-order chi connectivity index (χ1) is 15.0. The number of nitrogens with zero attached hydrogens (tertiary/aromatic N) is 4. The minimum atomic E-state index is -0.314. The van der Waals surface area contributed by atoms with Crippen molar-refractivity contribution in [2.75, 3.05) is 50.6 Å². The van der Waals surface area contributed by atoms with Gasteiger partial charge in [0.15, 0.2) is 0 Å². The minimum Gasteiger partial charge on any atom is -0.377 e. The molecule has 0 bridgehead atoms. The lowest BCUT2D eigenvalue weighted by molar-refractivity contribution is -0.117. The van der Waals surface area contributed by atoms with Crippen molar-refractivity contribution in [2.24, 2.45) is 0 Å². The first kappa shape index (κ1) is 21.4. The first-order valence-corrected chi connectivity index (χ1v) is 10.6. The smallest absolute Gasteiger partial charge is 0.227 e. The van der Waals surface area contributed by atoms with Gasteiger partial charge in [-0.1, -0.05) is 6.08 Å². The topological polar surface area (TPSA) is 70.6 Å². The molecule has 1 amide bonds. The van der Waals surface area contributed by atoms with Crippen LogP contribution >= 0.6 is 0 Å². The molecule has 2 aromatic rings. The highest BCUT2D eigenvalue weighted by molar-refractivity contribution is 5.96. The van der Waals surface area contributed by atoms with E-state index >= 15 is 0 Å². The Bertz CT molecular complexity index is 963. The number of hydrogen-bond donors (Lipinski definition) is 1. The lowest BCUT2D eigenvalue weighted by Crippen LogP contribution is -2.25. The van der Waals surface area contributed by atoms with Crippen molar-refractivity contribution in [1.82, 2.24) is 14.9 Å². The molecule has 0 radical (unpaired) electrons. The van der Waals surface area contributed by atoms with Crippen molar-refractivity contribution < 1.29 is 13.9 Å².